The highest BCUT2D eigenvalue weighted by Gasteiger charge is 2.37. The second-order valence-electron chi connectivity index (χ2n) is 23.2. The third-order valence-corrected chi connectivity index (χ3v) is 11.8. The number of benzene rings is 2. The van der Waals surface area contributed by atoms with Crippen LogP contribution in [0.1, 0.15) is 228 Å². The van der Waals surface area contributed by atoms with E-state index < -0.39 is 40.3 Å². The normalized spacial score (nSPS) is 12.1. The van der Waals surface area contributed by atoms with Gasteiger partial charge in [0.25, 0.3) is 0 Å². The van der Waals surface area contributed by atoms with Crippen LogP contribution in [-0.2, 0) is 74.4 Å². The Hall–Kier alpha value is -8.79. The lowest BCUT2D eigenvalue weighted by atomic mass is 9.89. The molecule has 1 atom stereocenters. The maximum absolute atomic E-state index is 11.3. The quantitative estimate of drug-likeness (QED) is 0.0327. The van der Waals surface area contributed by atoms with Gasteiger partial charge in [-0.1, -0.05) is 116 Å². The molecule has 2 aliphatic rings. The SMILES string of the molecule is CC(=O)NC(C)(C)C.CC(=O)NC(C)C.CC1CCCC(=O)N1.CCC(=O)NC(=O)O.CCC(=O)NCc1ccccc1.CCC(=O)NN.CCC(=O)NS(=O)(=O)O.CCC(=O)Nc1ccccc1.CCNC(=O)C(C)C.CCNC(=O)C(F)(F)F.CCNC(=O)C1CCCCC1.CCNC(C)=O. The van der Waals surface area contributed by atoms with Crippen LogP contribution in [-0.4, -0.2) is 145 Å². The number of amides is 13. The van der Waals surface area contributed by atoms with Crippen LogP contribution in [0.2, 0.25) is 0 Å². The molecule has 16 N–H and O–H groups in total. The molecule has 1 saturated carbocycles. The molecule has 1 heterocycles. The zero-order chi connectivity index (χ0) is 81.8. The Balaban J connectivity index is -0.000000160. The summed E-state index contributed by atoms with van der Waals surface area (Å²) in [6.07, 6.45) is 4.65. The van der Waals surface area contributed by atoms with Gasteiger partial charge in [-0.15, -0.1) is 0 Å². The van der Waals surface area contributed by atoms with E-state index in [1.807, 2.05) is 156 Å². The van der Waals surface area contributed by atoms with E-state index >= 15 is 0 Å². The number of imide groups is 1. The maximum atomic E-state index is 11.3. The van der Waals surface area contributed by atoms with E-state index in [4.69, 9.17) is 9.66 Å². The van der Waals surface area contributed by atoms with E-state index in [9.17, 15) is 83.9 Å². The lowest BCUT2D eigenvalue weighted by Gasteiger charge is -2.20. The van der Waals surface area contributed by atoms with E-state index in [2.05, 4.69) is 48.4 Å². The molecule has 30 nitrogen and oxygen atoms in total. The van der Waals surface area contributed by atoms with E-state index in [1.165, 1.54) is 58.6 Å². The molecule has 2 aromatic carbocycles. The summed E-state index contributed by atoms with van der Waals surface area (Å²) in [5, 5.41) is 33.1. The highest BCUT2D eigenvalue weighted by atomic mass is 32.2. The van der Waals surface area contributed by atoms with Gasteiger partial charge in [0.2, 0.25) is 65.0 Å². The predicted octanol–water partition coefficient (Wildman–Crippen LogP) is 8.08. The van der Waals surface area contributed by atoms with E-state index in [0.29, 0.717) is 37.8 Å². The van der Waals surface area contributed by atoms with Crippen molar-refractivity contribution < 1.29 is 93.6 Å². The molecule has 0 bridgehead atoms. The fourth-order valence-corrected chi connectivity index (χ4v) is 7.14. The number of para-hydroxylation sites is 1. The number of piperidine rings is 1. The molecule has 1 saturated heterocycles. The molecule has 596 valence electrons. The standard InChI is InChI=1S/C10H13NO.C9H17NO.C9H11NO.C6H11NO.2C6H13NO.C5H11NO.C4H6F3NO.C4H7NO3.C4H9NO.C3H8N2O.C3H7NO4S/c1-2-10(12)11-8-9-6-4-3-5-7-9;1-2-10-9(11)8-6-4-3-5-7-8;1-2-9(11)10-8-6-4-3-5-7-8;1-5-3-2-4-6(8)7-5;1-5(8)7-6(2,3)4;1-4-7-6(8)5(2)3;1-4(2)6-5(3)7;1-2-8-3(9)4(5,6)7;1-2-3(6)5-4(7)8;1-3-5-4(2)6;1-2-3(6)5-4;1-2-3(5)4-9(6,7)8/h3-7H,2,8H2,1H3,(H,11,12);8H,2-7H2,1H3,(H,10,11);3-7H,2H2,1H3,(H,10,11);5H,2-4H2,1H3,(H,7,8);1-4H3,(H,7,8);5H,4H2,1-3H3,(H,7,8);4H,1-3H3,(H,6,7);2H2,1H3,(H,8,9);2H2,1H3,(H,5,6)(H,7,8);3H2,1-2H3,(H,5,6);2,4H2,1H3,(H,5,6);2H2,1H3,(H,4,5)(H,6,7,8). The number of halogens is 3. The Labute approximate surface area is 609 Å². The minimum atomic E-state index is -4.74. The highest BCUT2D eigenvalue weighted by Crippen LogP contribution is 2.23. The average molecular weight is 1500 g/mol. The van der Waals surface area contributed by atoms with Crippen molar-refractivity contribution in [3.05, 3.63) is 66.2 Å². The number of anilines is 1. The van der Waals surface area contributed by atoms with Crippen LogP contribution in [0.3, 0.4) is 0 Å². The number of hydrogen-bond acceptors (Lipinski definition) is 16. The zero-order valence-corrected chi connectivity index (χ0v) is 65.3. The maximum Gasteiger partial charge on any atom is 0.471 e. The Kier molecular flexibility index (Phi) is 75.1. The molecule has 2 aromatic rings. The number of carbonyl (C=O) groups is 13. The van der Waals surface area contributed by atoms with Gasteiger partial charge in [0.15, 0.2) is 0 Å². The molecule has 2 fully saturated rings. The monoisotopic (exact) mass is 1500 g/mol. The van der Waals surface area contributed by atoms with Crippen molar-refractivity contribution in [3.63, 3.8) is 0 Å². The number of nitrogens with one attached hydrogen (secondary N) is 12. The second kappa shape index (κ2) is 70.3. The van der Waals surface area contributed by atoms with Gasteiger partial charge in [0.1, 0.15) is 0 Å². The predicted molar refractivity (Wildman–Crippen MR) is 395 cm³/mol. The highest BCUT2D eigenvalue weighted by molar-refractivity contribution is 7.84. The number of alkyl halides is 3. The number of carbonyl (C=O) groups excluding carboxylic acids is 12. The summed E-state index contributed by atoms with van der Waals surface area (Å²) in [4.78, 5) is 134. The first kappa shape index (κ1) is 110. The third-order valence-electron chi connectivity index (χ3n) is 11.4. The van der Waals surface area contributed by atoms with Gasteiger partial charge < -0.3 is 53.0 Å². The van der Waals surface area contributed by atoms with Crippen molar-refractivity contribution in [2.24, 2.45) is 17.7 Å². The van der Waals surface area contributed by atoms with Crippen molar-refractivity contribution in [2.45, 2.75) is 252 Å². The van der Waals surface area contributed by atoms with Gasteiger partial charge in [-0.05, 0) is 113 Å². The molecular formula is C69H126F3N13O17S. The fraction of sp³-hybridized carbons (Fsp3) is 0.638. The van der Waals surface area contributed by atoms with Crippen molar-refractivity contribution in [3.8, 4) is 0 Å². The smallest absolute Gasteiger partial charge is 0.465 e. The fourth-order valence-electron chi connectivity index (χ4n) is 6.71. The van der Waals surface area contributed by atoms with Crippen molar-refractivity contribution >= 4 is 93.0 Å². The zero-order valence-electron chi connectivity index (χ0n) is 64.4. The summed E-state index contributed by atoms with van der Waals surface area (Å²) in [5.74, 6) is 2.78. The number of hydrazine groups is 1. The summed E-state index contributed by atoms with van der Waals surface area (Å²) in [6.45, 7) is 38.6. The topological polar surface area (TPSA) is 467 Å². The largest absolute Gasteiger partial charge is 0.471 e. The van der Waals surface area contributed by atoms with Crippen LogP contribution in [0.4, 0.5) is 23.7 Å². The molecule has 4 rings (SSSR count). The summed E-state index contributed by atoms with van der Waals surface area (Å²) in [7, 11) is -4.33. The van der Waals surface area contributed by atoms with Crippen molar-refractivity contribution in [1.29, 1.82) is 0 Å². The van der Waals surface area contributed by atoms with Crippen LogP contribution < -0.4 is 69.2 Å². The van der Waals surface area contributed by atoms with E-state index in [0.717, 1.165) is 63.0 Å². The molecular weight excluding hydrogens is 1370 g/mol. The minimum Gasteiger partial charge on any atom is -0.465 e. The van der Waals surface area contributed by atoms with Crippen molar-refractivity contribution in [1.82, 2.24) is 58.0 Å². The summed E-state index contributed by atoms with van der Waals surface area (Å²) >= 11 is 0. The van der Waals surface area contributed by atoms with Crippen LogP contribution in [0.25, 0.3) is 0 Å². The van der Waals surface area contributed by atoms with Crippen LogP contribution in [0.15, 0.2) is 60.7 Å². The Morgan fingerprint density at radius 3 is 1.28 bits per heavy atom. The van der Waals surface area contributed by atoms with Gasteiger partial charge in [0.05, 0.1) is 0 Å². The lowest BCUT2D eigenvalue weighted by Crippen LogP contribution is -2.38. The Morgan fingerprint density at radius 2 is 1.04 bits per heavy atom. The molecule has 1 aliphatic carbocycles. The first-order chi connectivity index (χ1) is 47.7. The van der Waals surface area contributed by atoms with Gasteiger partial charge in [-0.2, -0.15) is 21.6 Å². The molecule has 1 aliphatic heterocycles. The summed E-state index contributed by atoms with van der Waals surface area (Å²) in [6, 6.07) is 20.0. The van der Waals surface area contributed by atoms with Gasteiger partial charge in [-0.3, -0.25) is 72.8 Å². The Bertz CT molecular complexity index is 2750. The first-order valence-electron chi connectivity index (χ1n) is 34.1. The molecule has 13 amide bonds. The van der Waals surface area contributed by atoms with Crippen LogP contribution >= 0.6 is 0 Å². The van der Waals surface area contributed by atoms with Gasteiger partial charge in [-0.25, -0.2) is 15.4 Å². The number of rotatable bonds is 16. The molecule has 1 unspecified atom stereocenters. The first-order valence-corrected chi connectivity index (χ1v) is 35.6. The summed E-state index contributed by atoms with van der Waals surface area (Å²) in [5.41, 5.74) is 3.90. The molecule has 34 heteroatoms. The van der Waals surface area contributed by atoms with Gasteiger partial charge in [0, 0.05) is 127 Å². The molecule has 0 radical (unpaired) electrons. The Morgan fingerprint density at radius 1 is 0.583 bits per heavy atom. The molecule has 0 aromatic heterocycles. The van der Waals surface area contributed by atoms with Gasteiger partial charge >= 0.3 is 28.5 Å². The van der Waals surface area contributed by atoms with E-state index in [1.54, 1.807) is 24.5 Å². The molecule has 0 spiro atoms. The molecule has 103 heavy (non-hydrogen) atoms. The summed E-state index contributed by atoms with van der Waals surface area (Å²) < 4.78 is 62.6. The number of hydrogen-bond donors (Lipinski definition) is 15. The third kappa shape index (κ3) is 95.3. The van der Waals surface area contributed by atoms with E-state index in [-0.39, 0.29) is 90.0 Å². The number of nitrogens with two attached hydrogens (primary N) is 1. The van der Waals surface area contributed by atoms with Crippen molar-refractivity contribution in [2.75, 3.05) is 31.5 Å². The van der Waals surface area contributed by atoms with Crippen LogP contribution in [0.5, 0.6) is 0 Å². The van der Waals surface area contributed by atoms with Crippen LogP contribution in [0, 0.1) is 11.8 Å². The lowest BCUT2D eigenvalue weighted by molar-refractivity contribution is -0.173. The average Bonchev–Trinajstić information content (AvgIpc) is 0.970. The number of carboxylic acid groups (broad SMARTS) is 1. The minimum absolute atomic E-state index is 0.00164. The second-order valence-corrected chi connectivity index (χ2v) is 24.4.